The number of nitrogens with zero attached hydrogens (tertiary/aromatic N) is 6. The lowest BCUT2D eigenvalue weighted by atomic mass is 9.85. The third-order valence-electron chi connectivity index (χ3n) is 7.08. The van der Waals surface area contributed by atoms with Crippen molar-refractivity contribution in [2.75, 3.05) is 38.7 Å². The number of ether oxygens (including phenoxy) is 1. The van der Waals surface area contributed by atoms with Crippen molar-refractivity contribution in [2.24, 2.45) is 0 Å². The molecule has 2 N–H and O–H groups in total. The number of rotatable bonds is 8. The quantitative estimate of drug-likeness (QED) is 0.482. The number of aromatic nitrogens is 5. The molecule has 5 rings (SSSR count). The second-order valence-electron chi connectivity index (χ2n) is 10.0. The van der Waals surface area contributed by atoms with Gasteiger partial charge < -0.3 is 15.2 Å². The Bertz CT molecular complexity index is 1180. The van der Waals surface area contributed by atoms with Crippen molar-refractivity contribution in [3.63, 3.8) is 0 Å². The Morgan fingerprint density at radius 3 is 2.64 bits per heavy atom. The molecule has 0 unspecified atom stereocenters. The molecule has 196 valence electrons. The summed E-state index contributed by atoms with van der Waals surface area (Å²) in [5.74, 6) is 0.757. The third-order valence-corrected chi connectivity index (χ3v) is 7.08. The van der Waals surface area contributed by atoms with Crippen LogP contribution in [0.4, 0.5) is 19.1 Å². The number of fused-ring (bicyclic) bond motifs is 1. The first-order chi connectivity index (χ1) is 17.2. The lowest BCUT2D eigenvalue weighted by Crippen LogP contribution is -2.51. The van der Waals surface area contributed by atoms with E-state index < -0.39 is 12.7 Å². The van der Waals surface area contributed by atoms with E-state index in [1.165, 1.54) is 4.90 Å². The predicted molar refractivity (Wildman–Crippen MR) is 128 cm³/mol. The minimum Gasteiger partial charge on any atom is -0.393 e. The number of methoxy groups -OCH3 is 1. The van der Waals surface area contributed by atoms with Crippen LogP contribution in [0.1, 0.15) is 50.3 Å². The number of alkyl halides is 3. The van der Waals surface area contributed by atoms with Crippen LogP contribution in [0.25, 0.3) is 16.6 Å². The summed E-state index contributed by atoms with van der Waals surface area (Å²) in [6, 6.07) is 2.07. The fourth-order valence-electron chi connectivity index (χ4n) is 5.26. The molecule has 0 spiro atoms. The van der Waals surface area contributed by atoms with E-state index in [4.69, 9.17) is 9.84 Å². The predicted octanol–water partition coefficient (Wildman–Crippen LogP) is 3.48. The van der Waals surface area contributed by atoms with Crippen molar-refractivity contribution in [1.82, 2.24) is 29.3 Å². The van der Waals surface area contributed by atoms with Crippen molar-refractivity contribution < 1.29 is 23.0 Å². The van der Waals surface area contributed by atoms with Gasteiger partial charge >= 0.3 is 6.18 Å². The molecular weight excluding hydrogens is 475 g/mol. The first-order valence-corrected chi connectivity index (χ1v) is 12.4. The van der Waals surface area contributed by atoms with Crippen LogP contribution in [0, 0.1) is 0 Å². The van der Waals surface area contributed by atoms with Crippen LogP contribution in [0.15, 0.2) is 24.7 Å². The van der Waals surface area contributed by atoms with E-state index >= 15 is 0 Å². The van der Waals surface area contributed by atoms with E-state index in [1.54, 1.807) is 24.2 Å². The molecule has 1 aliphatic heterocycles. The van der Waals surface area contributed by atoms with Gasteiger partial charge in [0.1, 0.15) is 0 Å². The summed E-state index contributed by atoms with van der Waals surface area (Å²) in [4.78, 5) is 5.90. The highest BCUT2D eigenvalue weighted by Gasteiger charge is 2.38. The number of likely N-dealkylation sites (tertiary alicyclic amines) is 1. The van der Waals surface area contributed by atoms with E-state index in [2.05, 4.69) is 21.5 Å². The SMILES string of the molecule is COC[C@H](C)Nc1ncc2c(-c3cnn(C4CN(CC(F)(F)F)C4)c3)cc([C@H]3CC[C@H](O)CC3)n2n1. The minimum atomic E-state index is -4.19. The number of anilines is 1. The molecule has 0 aromatic carbocycles. The zero-order valence-corrected chi connectivity index (χ0v) is 20.4. The molecule has 0 amide bonds. The maximum atomic E-state index is 12.6. The standard InChI is InChI=1S/C24H32F3N7O2/c1-15(13-36-2)30-23-28-9-22-20(7-21(34(22)31-23)16-3-5-19(35)6-4-16)17-8-29-33(10-17)18-11-32(12-18)14-24(25,26)27/h7-10,15-16,18-19,35H,3-6,11-14H2,1-2H3,(H,30,31)/t15-,16-,19-/m0/s1. The van der Waals surface area contributed by atoms with Crippen LogP contribution in [0.5, 0.6) is 0 Å². The molecule has 1 aliphatic carbocycles. The summed E-state index contributed by atoms with van der Waals surface area (Å²) < 4.78 is 46.8. The number of aliphatic hydroxyl groups is 1. The van der Waals surface area contributed by atoms with Gasteiger partial charge in [-0.15, -0.1) is 5.10 Å². The average molecular weight is 508 g/mol. The summed E-state index contributed by atoms with van der Waals surface area (Å²) in [6.07, 6.45) is 4.24. The van der Waals surface area contributed by atoms with Crippen LogP contribution < -0.4 is 5.32 Å². The summed E-state index contributed by atoms with van der Waals surface area (Å²) in [5.41, 5.74) is 3.71. The maximum Gasteiger partial charge on any atom is 0.401 e. The molecule has 4 heterocycles. The first kappa shape index (κ1) is 25.0. The molecule has 0 radical (unpaired) electrons. The van der Waals surface area contributed by atoms with Crippen LogP contribution >= 0.6 is 0 Å². The molecule has 3 aromatic heterocycles. The number of halogens is 3. The summed E-state index contributed by atoms with van der Waals surface area (Å²) >= 11 is 0. The van der Waals surface area contributed by atoms with Gasteiger partial charge in [-0.1, -0.05) is 0 Å². The topological polar surface area (TPSA) is 92.7 Å². The van der Waals surface area contributed by atoms with Crippen LogP contribution in [0.3, 0.4) is 0 Å². The van der Waals surface area contributed by atoms with Gasteiger partial charge in [0.15, 0.2) is 0 Å². The van der Waals surface area contributed by atoms with Gasteiger partial charge in [-0.25, -0.2) is 9.50 Å². The lowest BCUT2D eigenvalue weighted by Gasteiger charge is -2.39. The van der Waals surface area contributed by atoms with Crippen LogP contribution in [-0.2, 0) is 4.74 Å². The van der Waals surface area contributed by atoms with Gasteiger partial charge in [-0.2, -0.15) is 18.3 Å². The number of nitrogens with one attached hydrogen (secondary N) is 1. The summed E-state index contributed by atoms with van der Waals surface area (Å²) in [5, 5.41) is 22.5. The molecule has 3 aromatic rings. The molecule has 36 heavy (non-hydrogen) atoms. The lowest BCUT2D eigenvalue weighted by molar-refractivity contribution is -0.157. The van der Waals surface area contributed by atoms with Crippen molar-refractivity contribution in [2.45, 2.75) is 62.9 Å². The minimum absolute atomic E-state index is 0.0355. The number of hydrogen-bond donors (Lipinski definition) is 2. The highest BCUT2D eigenvalue weighted by molar-refractivity contribution is 5.81. The summed E-state index contributed by atoms with van der Waals surface area (Å²) in [6.45, 7) is 2.27. The molecule has 2 fully saturated rings. The van der Waals surface area contributed by atoms with Crippen molar-refractivity contribution in [1.29, 1.82) is 0 Å². The number of hydrogen-bond acceptors (Lipinski definition) is 7. The average Bonchev–Trinajstić information content (AvgIpc) is 3.41. The van der Waals surface area contributed by atoms with Gasteiger partial charge in [-0.05, 0) is 38.7 Å². The largest absolute Gasteiger partial charge is 0.401 e. The summed E-state index contributed by atoms with van der Waals surface area (Å²) in [7, 11) is 1.65. The molecule has 0 bridgehead atoms. The molecular formula is C24H32F3N7O2. The van der Waals surface area contributed by atoms with Gasteiger partial charge in [0.25, 0.3) is 0 Å². The Morgan fingerprint density at radius 2 is 1.94 bits per heavy atom. The Balaban J connectivity index is 1.42. The zero-order valence-electron chi connectivity index (χ0n) is 20.4. The fraction of sp³-hybridized carbons (Fsp3) is 0.625. The highest BCUT2D eigenvalue weighted by atomic mass is 19.4. The zero-order chi connectivity index (χ0) is 25.4. The molecule has 2 aliphatic rings. The second kappa shape index (κ2) is 9.98. The first-order valence-electron chi connectivity index (χ1n) is 12.4. The fourth-order valence-corrected chi connectivity index (χ4v) is 5.26. The smallest absolute Gasteiger partial charge is 0.393 e. The molecule has 1 saturated carbocycles. The second-order valence-corrected chi connectivity index (χ2v) is 10.0. The van der Waals surface area contributed by atoms with E-state index in [-0.39, 0.29) is 24.1 Å². The Morgan fingerprint density at radius 1 is 1.19 bits per heavy atom. The van der Waals surface area contributed by atoms with Gasteiger partial charge in [0.05, 0.1) is 43.2 Å². The van der Waals surface area contributed by atoms with E-state index in [9.17, 15) is 18.3 Å². The Kier molecular flexibility index (Phi) is 6.92. The normalized spacial score (nSPS) is 22.6. The molecule has 1 atom stereocenters. The van der Waals surface area contributed by atoms with Crippen molar-refractivity contribution in [3.05, 3.63) is 30.4 Å². The van der Waals surface area contributed by atoms with E-state index in [0.29, 0.717) is 25.6 Å². The molecule has 12 heteroatoms. The molecule has 9 nitrogen and oxygen atoms in total. The van der Waals surface area contributed by atoms with E-state index in [1.807, 2.05) is 17.6 Å². The third kappa shape index (κ3) is 5.35. The van der Waals surface area contributed by atoms with Crippen LogP contribution in [-0.4, -0.2) is 86.1 Å². The maximum absolute atomic E-state index is 12.6. The van der Waals surface area contributed by atoms with Crippen molar-refractivity contribution in [3.8, 4) is 11.1 Å². The van der Waals surface area contributed by atoms with Gasteiger partial charge in [0, 0.05) is 55.2 Å². The van der Waals surface area contributed by atoms with Crippen molar-refractivity contribution >= 4 is 11.5 Å². The Labute approximate surface area is 207 Å². The van der Waals surface area contributed by atoms with E-state index in [0.717, 1.165) is 48.0 Å². The van der Waals surface area contributed by atoms with Gasteiger partial charge in [-0.3, -0.25) is 9.58 Å². The monoisotopic (exact) mass is 507 g/mol. The van der Waals surface area contributed by atoms with Crippen LogP contribution in [0.2, 0.25) is 0 Å². The number of aliphatic hydroxyl groups excluding tert-OH is 1. The highest BCUT2D eigenvalue weighted by Crippen LogP contribution is 2.38. The Hall–Kier alpha value is -2.70. The molecule has 1 saturated heterocycles. The van der Waals surface area contributed by atoms with Gasteiger partial charge in [0.2, 0.25) is 5.95 Å².